The third kappa shape index (κ3) is 6.37. The minimum atomic E-state index is -0.408. The third-order valence-corrected chi connectivity index (χ3v) is 5.91. The molecule has 7 heteroatoms. The van der Waals surface area contributed by atoms with Crippen molar-refractivity contribution in [3.8, 4) is 5.75 Å². The molecule has 0 spiro atoms. The largest absolute Gasteiger partial charge is 0.487 e. The van der Waals surface area contributed by atoms with Crippen molar-refractivity contribution in [2.24, 2.45) is 0 Å². The highest BCUT2D eigenvalue weighted by atomic mass is 16.6. The minimum Gasteiger partial charge on any atom is -0.487 e. The van der Waals surface area contributed by atoms with Gasteiger partial charge in [0, 0.05) is 38.1 Å². The molecule has 172 valence electrons. The third-order valence-electron chi connectivity index (χ3n) is 5.91. The summed E-state index contributed by atoms with van der Waals surface area (Å²) < 4.78 is 12.3. The maximum atomic E-state index is 11.1. The summed E-state index contributed by atoms with van der Waals surface area (Å²) in [4.78, 5) is 17.2. The van der Waals surface area contributed by atoms with Crippen molar-refractivity contribution in [1.29, 1.82) is 0 Å². The quantitative estimate of drug-likeness (QED) is 0.246. The molecule has 1 unspecified atom stereocenters. The van der Waals surface area contributed by atoms with Crippen molar-refractivity contribution in [2.75, 3.05) is 26.2 Å². The predicted octanol–water partition coefficient (Wildman–Crippen LogP) is 5.03. The molecule has 0 saturated carbocycles. The standard InChI is InChI=1S/C26H29N3O4/c30-29(31)24-9-4-5-10-25(24)32-20-6-17-28-18-13-23(14-19-28)33-26(21-7-2-1-3-8-21)22-11-15-27-16-12-22/h1-5,7-12,15-16,23,26H,6,13-14,17-20H2. The molecule has 0 amide bonds. The average molecular weight is 448 g/mol. The highest BCUT2D eigenvalue weighted by molar-refractivity contribution is 5.45. The summed E-state index contributed by atoms with van der Waals surface area (Å²) in [5.41, 5.74) is 2.28. The summed E-state index contributed by atoms with van der Waals surface area (Å²) in [5.74, 6) is 0.331. The Hall–Kier alpha value is -3.29. The van der Waals surface area contributed by atoms with Crippen LogP contribution in [-0.2, 0) is 4.74 Å². The molecule has 2 heterocycles. The number of pyridine rings is 1. The Balaban J connectivity index is 1.24. The maximum Gasteiger partial charge on any atom is 0.310 e. The molecule has 3 aromatic rings. The summed E-state index contributed by atoms with van der Waals surface area (Å²) in [6, 6.07) is 20.9. The molecule has 0 bridgehead atoms. The van der Waals surface area contributed by atoms with E-state index in [0.29, 0.717) is 12.4 Å². The number of para-hydroxylation sites is 2. The van der Waals surface area contributed by atoms with Crippen LogP contribution in [0.15, 0.2) is 79.1 Å². The Morgan fingerprint density at radius 2 is 1.64 bits per heavy atom. The van der Waals surface area contributed by atoms with E-state index in [2.05, 4.69) is 22.0 Å². The van der Waals surface area contributed by atoms with E-state index in [-0.39, 0.29) is 17.9 Å². The van der Waals surface area contributed by atoms with Crippen LogP contribution in [0.1, 0.15) is 36.5 Å². The Kier molecular flexibility index (Phi) is 8.00. The lowest BCUT2D eigenvalue weighted by atomic mass is 10.0. The molecule has 1 aliphatic heterocycles. The SMILES string of the molecule is O=[N+]([O-])c1ccccc1OCCCN1CCC(OC(c2ccccc2)c2ccncc2)CC1. The van der Waals surface area contributed by atoms with Gasteiger partial charge in [0.25, 0.3) is 0 Å². The second-order valence-electron chi connectivity index (χ2n) is 8.18. The second-order valence-corrected chi connectivity index (χ2v) is 8.18. The number of ether oxygens (including phenoxy) is 2. The van der Waals surface area contributed by atoms with Gasteiger partial charge in [0.15, 0.2) is 5.75 Å². The monoisotopic (exact) mass is 447 g/mol. The van der Waals surface area contributed by atoms with Gasteiger partial charge < -0.3 is 14.4 Å². The molecule has 2 aromatic carbocycles. The van der Waals surface area contributed by atoms with Crippen LogP contribution in [0.5, 0.6) is 5.75 Å². The molecule has 1 aliphatic rings. The summed E-state index contributed by atoms with van der Waals surface area (Å²) in [6.45, 7) is 3.29. The molecular formula is C26H29N3O4. The minimum absolute atomic E-state index is 0.0117. The van der Waals surface area contributed by atoms with Crippen LogP contribution in [0.25, 0.3) is 0 Å². The molecule has 33 heavy (non-hydrogen) atoms. The van der Waals surface area contributed by atoms with Crippen LogP contribution < -0.4 is 4.74 Å². The number of benzene rings is 2. The Morgan fingerprint density at radius 3 is 2.36 bits per heavy atom. The first kappa shape index (κ1) is 22.9. The van der Waals surface area contributed by atoms with E-state index < -0.39 is 4.92 Å². The zero-order valence-electron chi connectivity index (χ0n) is 18.6. The Morgan fingerprint density at radius 1 is 0.970 bits per heavy atom. The normalized spacial score (nSPS) is 15.8. The molecule has 1 fully saturated rings. The fourth-order valence-corrected chi connectivity index (χ4v) is 4.18. The van der Waals surface area contributed by atoms with Crippen molar-refractivity contribution in [2.45, 2.75) is 31.5 Å². The zero-order chi connectivity index (χ0) is 22.9. The lowest BCUT2D eigenvalue weighted by Gasteiger charge is -2.34. The van der Waals surface area contributed by atoms with Gasteiger partial charge in [-0.1, -0.05) is 42.5 Å². The van der Waals surface area contributed by atoms with Crippen molar-refractivity contribution < 1.29 is 14.4 Å². The molecular weight excluding hydrogens is 418 g/mol. The average Bonchev–Trinajstić information content (AvgIpc) is 2.87. The van der Waals surface area contributed by atoms with Gasteiger partial charge in [0.1, 0.15) is 6.10 Å². The van der Waals surface area contributed by atoms with E-state index >= 15 is 0 Å². The number of hydrogen-bond acceptors (Lipinski definition) is 6. The highest BCUT2D eigenvalue weighted by Crippen LogP contribution is 2.30. The van der Waals surface area contributed by atoms with Crippen molar-refractivity contribution >= 4 is 5.69 Å². The summed E-state index contributed by atoms with van der Waals surface area (Å²) in [6.07, 6.45) is 6.48. The van der Waals surface area contributed by atoms with Gasteiger partial charge in [-0.2, -0.15) is 0 Å². The van der Waals surface area contributed by atoms with Gasteiger partial charge in [-0.15, -0.1) is 0 Å². The Labute approximate surface area is 194 Å². The topological polar surface area (TPSA) is 77.7 Å². The van der Waals surface area contributed by atoms with Crippen LogP contribution in [0.3, 0.4) is 0 Å². The van der Waals surface area contributed by atoms with Crippen LogP contribution in [-0.4, -0.2) is 47.2 Å². The van der Waals surface area contributed by atoms with Crippen molar-refractivity contribution in [1.82, 2.24) is 9.88 Å². The molecule has 1 aromatic heterocycles. The van der Waals surface area contributed by atoms with Gasteiger partial charge in [-0.3, -0.25) is 15.1 Å². The molecule has 0 aliphatic carbocycles. The van der Waals surface area contributed by atoms with E-state index in [1.807, 2.05) is 42.7 Å². The lowest BCUT2D eigenvalue weighted by Crippen LogP contribution is -2.38. The fraction of sp³-hybridized carbons (Fsp3) is 0.346. The first-order valence-electron chi connectivity index (χ1n) is 11.4. The van der Waals surface area contributed by atoms with Crippen LogP contribution in [0.4, 0.5) is 5.69 Å². The molecule has 1 atom stereocenters. The van der Waals surface area contributed by atoms with E-state index in [9.17, 15) is 10.1 Å². The first-order chi connectivity index (χ1) is 16.2. The number of hydrogen-bond donors (Lipinski definition) is 0. The van der Waals surface area contributed by atoms with E-state index in [4.69, 9.17) is 9.47 Å². The molecule has 1 saturated heterocycles. The lowest BCUT2D eigenvalue weighted by molar-refractivity contribution is -0.385. The highest BCUT2D eigenvalue weighted by Gasteiger charge is 2.24. The molecule has 0 N–H and O–H groups in total. The number of nitrogens with zero attached hydrogens (tertiary/aromatic N) is 3. The molecule has 4 rings (SSSR count). The van der Waals surface area contributed by atoms with Crippen molar-refractivity contribution in [3.05, 3.63) is 100 Å². The second kappa shape index (κ2) is 11.5. The van der Waals surface area contributed by atoms with Gasteiger partial charge in [-0.05, 0) is 48.6 Å². The Bertz CT molecular complexity index is 969. The van der Waals surface area contributed by atoms with E-state index in [1.165, 1.54) is 6.07 Å². The van der Waals surface area contributed by atoms with Crippen LogP contribution in [0, 0.1) is 10.1 Å². The van der Waals surface area contributed by atoms with Crippen LogP contribution in [0.2, 0.25) is 0 Å². The molecule has 0 radical (unpaired) electrons. The number of rotatable bonds is 10. The number of nitro groups is 1. The van der Waals surface area contributed by atoms with Gasteiger partial charge in [0.05, 0.1) is 17.6 Å². The predicted molar refractivity (Wildman–Crippen MR) is 126 cm³/mol. The summed E-state index contributed by atoms with van der Waals surface area (Å²) in [5, 5.41) is 11.1. The first-order valence-corrected chi connectivity index (χ1v) is 11.4. The number of aromatic nitrogens is 1. The smallest absolute Gasteiger partial charge is 0.310 e. The van der Waals surface area contributed by atoms with E-state index in [0.717, 1.165) is 50.0 Å². The maximum absolute atomic E-state index is 11.1. The van der Waals surface area contributed by atoms with Gasteiger partial charge in [-0.25, -0.2) is 0 Å². The number of nitro benzene ring substituents is 1. The number of likely N-dealkylation sites (tertiary alicyclic amines) is 1. The summed E-state index contributed by atoms with van der Waals surface area (Å²) in [7, 11) is 0. The van der Waals surface area contributed by atoms with Crippen LogP contribution >= 0.6 is 0 Å². The van der Waals surface area contributed by atoms with Gasteiger partial charge in [0.2, 0.25) is 0 Å². The summed E-state index contributed by atoms with van der Waals surface area (Å²) >= 11 is 0. The molecule has 7 nitrogen and oxygen atoms in total. The zero-order valence-corrected chi connectivity index (χ0v) is 18.6. The van der Waals surface area contributed by atoms with Gasteiger partial charge >= 0.3 is 5.69 Å². The fourth-order valence-electron chi connectivity index (χ4n) is 4.18. The number of piperidine rings is 1. The van der Waals surface area contributed by atoms with E-state index in [1.54, 1.807) is 18.2 Å². The van der Waals surface area contributed by atoms with Crippen molar-refractivity contribution in [3.63, 3.8) is 0 Å².